The number of carbonyl (C=O) groups is 2. The van der Waals surface area contributed by atoms with Crippen LogP contribution in [0.3, 0.4) is 0 Å². The van der Waals surface area contributed by atoms with E-state index in [9.17, 15) is 9.59 Å². The zero-order valence-corrected chi connectivity index (χ0v) is 17.0. The average molecular weight is 420 g/mol. The first-order valence-electron chi connectivity index (χ1n) is 9.24. The van der Waals surface area contributed by atoms with Crippen LogP contribution in [0.4, 0.5) is 0 Å². The molecule has 0 saturated carbocycles. The molecule has 0 amide bonds. The summed E-state index contributed by atoms with van der Waals surface area (Å²) in [4.78, 5) is 26.3. The molecule has 0 N–H and O–H groups in total. The molecule has 7 heteroatoms. The van der Waals surface area contributed by atoms with Crippen LogP contribution in [0.2, 0.25) is 0 Å². The Morgan fingerprint density at radius 3 is 2.67 bits per heavy atom. The minimum absolute atomic E-state index is 0.129. The maximum absolute atomic E-state index is 12.8. The lowest BCUT2D eigenvalue weighted by molar-refractivity contribution is 0.0734. The van der Waals surface area contributed by atoms with E-state index in [0.717, 1.165) is 10.4 Å². The first-order chi connectivity index (χ1) is 14.5. The number of hydrogen-bond acceptors (Lipinski definition) is 7. The highest BCUT2D eigenvalue weighted by Crippen LogP contribution is 2.38. The van der Waals surface area contributed by atoms with Crippen LogP contribution in [-0.4, -0.2) is 18.5 Å². The molecule has 0 unspecified atom stereocenters. The summed E-state index contributed by atoms with van der Waals surface area (Å²) in [6, 6.07) is 10.1. The third-order valence-corrected chi connectivity index (χ3v) is 5.89. The number of Topliss-reactive ketones (excluding diaryl/α,β-unsaturated/α-hetero) is 1. The van der Waals surface area contributed by atoms with Gasteiger partial charge in [0.25, 0.3) is 0 Å². The van der Waals surface area contributed by atoms with Crippen LogP contribution in [0.5, 0.6) is 23.0 Å². The molecule has 0 fully saturated rings. The van der Waals surface area contributed by atoms with E-state index in [1.807, 2.05) is 18.4 Å². The van der Waals surface area contributed by atoms with Crippen molar-refractivity contribution in [2.24, 2.45) is 0 Å². The standard InChI is InChI=1S/C23H16O6S/c1-12-5-6-30-20(12)10-19-22(24)21-13(2)7-15(9-18(21)29-19)28-23(25)14-3-4-16-17(8-14)27-11-26-16/h3-10H,11H2,1-2H3/b19-10-. The molecule has 0 atom stereocenters. The minimum Gasteiger partial charge on any atom is -0.454 e. The van der Waals surface area contributed by atoms with Crippen LogP contribution in [0.25, 0.3) is 6.08 Å². The highest BCUT2D eigenvalue weighted by atomic mass is 32.1. The van der Waals surface area contributed by atoms with E-state index in [1.165, 1.54) is 0 Å². The van der Waals surface area contributed by atoms with Crippen LogP contribution in [0, 0.1) is 13.8 Å². The fraction of sp³-hybridized carbons (Fsp3) is 0.130. The van der Waals surface area contributed by atoms with Crippen molar-refractivity contribution in [1.29, 1.82) is 0 Å². The van der Waals surface area contributed by atoms with Crippen LogP contribution < -0.4 is 18.9 Å². The summed E-state index contributed by atoms with van der Waals surface area (Å²) in [5, 5.41) is 1.97. The van der Waals surface area contributed by atoms with E-state index in [4.69, 9.17) is 18.9 Å². The van der Waals surface area contributed by atoms with Crippen molar-refractivity contribution in [3.05, 3.63) is 74.7 Å². The second-order valence-electron chi connectivity index (χ2n) is 6.98. The molecule has 0 aliphatic carbocycles. The number of aryl methyl sites for hydroxylation is 2. The zero-order chi connectivity index (χ0) is 20.8. The Hall–Kier alpha value is -3.58. The Balaban J connectivity index is 1.41. The van der Waals surface area contributed by atoms with Gasteiger partial charge in [-0.3, -0.25) is 4.79 Å². The topological polar surface area (TPSA) is 71.1 Å². The molecule has 3 aromatic rings. The number of ether oxygens (including phenoxy) is 4. The van der Waals surface area contributed by atoms with Crippen molar-refractivity contribution >= 4 is 29.2 Å². The van der Waals surface area contributed by atoms with Crippen molar-refractivity contribution < 1.29 is 28.5 Å². The summed E-state index contributed by atoms with van der Waals surface area (Å²) in [6.45, 7) is 3.90. The molecular formula is C23H16O6S. The normalized spacial score (nSPS) is 15.3. The summed E-state index contributed by atoms with van der Waals surface area (Å²) in [7, 11) is 0. The van der Waals surface area contributed by atoms with Crippen LogP contribution in [0.15, 0.2) is 47.5 Å². The largest absolute Gasteiger partial charge is 0.454 e. The van der Waals surface area contributed by atoms with E-state index in [-0.39, 0.29) is 18.3 Å². The summed E-state index contributed by atoms with van der Waals surface area (Å²) in [5.41, 5.74) is 2.58. The molecule has 150 valence electrons. The Morgan fingerprint density at radius 2 is 1.87 bits per heavy atom. The maximum Gasteiger partial charge on any atom is 0.343 e. The first-order valence-corrected chi connectivity index (χ1v) is 10.1. The van der Waals surface area contributed by atoms with E-state index < -0.39 is 5.97 Å². The number of ketones is 1. The minimum atomic E-state index is -0.540. The SMILES string of the molecule is Cc1ccsc1/C=C1\Oc2cc(OC(=O)c3ccc4c(c3)OCO4)cc(C)c2C1=O. The van der Waals surface area contributed by atoms with E-state index in [2.05, 4.69) is 0 Å². The van der Waals surface area contributed by atoms with Gasteiger partial charge in [0.15, 0.2) is 17.3 Å². The van der Waals surface area contributed by atoms with Crippen LogP contribution >= 0.6 is 11.3 Å². The lowest BCUT2D eigenvalue weighted by Crippen LogP contribution is -2.08. The number of benzene rings is 2. The molecule has 0 bridgehead atoms. The van der Waals surface area contributed by atoms with Gasteiger partial charge < -0.3 is 18.9 Å². The third-order valence-electron chi connectivity index (χ3n) is 4.93. The van der Waals surface area contributed by atoms with Gasteiger partial charge in [-0.25, -0.2) is 4.79 Å². The van der Waals surface area contributed by atoms with Gasteiger partial charge in [0.05, 0.1) is 11.1 Å². The second kappa shape index (κ2) is 7.03. The lowest BCUT2D eigenvalue weighted by Gasteiger charge is -2.08. The second-order valence-corrected chi connectivity index (χ2v) is 7.93. The van der Waals surface area contributed by atoms with Gasteiger partial charge in [0.2, 0.25) is 12.6 Å². The van der Waals surface area contributed by atoms with Gasteiger partial charge in [-0.05, 0) is 60.7 Å². The number of fused-ring (bicyclic) bond motifs is 2. The van der Waals surface area contributed by atoms with E-state index in [1.54, 1.807) is 54.7 Å². The lowest BCUT2D eigenvalue weighted by atomic mass is 10.0. The van der Waals surface area contributed by atoms with Gasteiger partial charge in [-0.2, -0.15) is 0 Å². The smallest absolute Gasteiger partial charge is 0.343 e. The summed E-state index contributed by atoms with van der Waals surface area (Å²) in [6.07, 6.45) is 1.75. The quantitative estimate of drug-likeness (QED) is 0.340. The van der Waals surface area contributed by atoms with Crippen LogP contribution in [-0.2, 0) is 0 Å². The van der Waals surface area contributed by atoms with Gasteiger partial charge >= 0.3 is 5.97 Å². The van der Waals surface area contributed by atoms with Gasteiger partial charge in [0, 0.05) is 17.0 Å². The molecule has 6 nitrogen and oxygen atoms in total. The Kier molecular flexibility index (Phi) is 4.33. The Bertz CT molecular complexity index is 1240. The van der Waals surface area contributed by atoms with Crippen LogP contribution in [0.1, 0.15) is 36.7 Å². The molecule has 0 radical (unpaired) electrons. The van der Waals surface area contributed by atoms with Gasteiger partial charge in [-0.1, -0.05) is 0 Å². The predicted octanol–water partition coefficient (Wildman–Crippen LogP) is 4.93. The molecule has 1 aromatic heterocycles. The number of allylic oxidation sites excluding steroid dienone is 1. The number of hydrogen-bond donors (Lipinski definition) is 0. The average Bonchev–Trinajstić information content (AvgIpc) is 3.41. The Morgan fingerprint density at radius 1 is 1.03 bits per heavy atom. The maximum atomic E-state index is 12.8. The third kappa shape index (κ3) is 3.13. The molecule has 2 aromatic carbocycles. The van der Waals surface area contributed by atoms with E-state index in [0.29, 0.717) is 39.7 Å². The fourth-order valence-corrected chi connectivity index (χ4v) is 4.22. The van der Waals surface area contributed by atoms with E-state index >= 15 is 0 Å². The molecule has 5 rings (SSSR count). The number of thiophene rings is 1. The monoisotopic (exact) mass is 420 g/mol. The number of carbonyl (C=O) groups excluding carboxylic acids is 2. The fourth-order valence-electron chi connectivity index (χ4n) is 3.38. The van der Waals surface area contributed by atoms with Gasteiger partial charge in [-0.15, -0.1) is 11.3 Å². The molecule has 3 heterocycles. The molecule has 2 aliphatic heterocycles. The summed E-state index contributed by atoms with van der Waals surface area (Å²) < 4.78 is 21.9. The van der Waals surface area contributed by atoms with Crippen molar-refractivity contribution in [2.45, 2.75) is 13.8 Å². The van der Waals surface area contributed by atoms with Crippen molar-refractivity contribution in [3.8, 4) is 23.0 Å². The summed E-state index contributed by atoms with van der Waals surface area (Å²) in [5.74, 6) is 1.32. The molecule has 30 heavy (non-hydrogen) atoms. The molecule has 0 saturated heterocycles. The number of esters is 1. The van der Waals surface area contributed by atoms with Crippen molar-refractivity contribution in [3.63, 3.8) is 0 Å². The highest BCUT2D eigenvalue weighted by Gasteiger charge is 2.30. The molecule has 2 aliphatic rings. The molecular weight excluding hydrogens is 404 g/mol. The Labute approximate surface area is 176 Å². The van der Waals surface area contributed by atoms with Gasteiger partial charge in [0.1, 0.15) is 11.5 Å². The van der Waals surface area contributed by atoms with Crippen molar-refractivity contribution in [2.75, 3.05) is 6.79 Å². The predicted molar refractivity (Wildman–Crippen MR) is 111 cm³/mol. The van der Waals surface area contributed by atoms with Crippen molar-refractivity contribution in [1.82, 2.24) is 0 Å². The summed E-state index contributed by atoms with van der Waals surface area (Å²) >= 11 is 1.54. The number of rotatable bonds is 3. The zero-order valence-electron chi connectivity index (χ0n) is 16.2. The highest BCUT2D eigenvalue weighted by molar-refractivity contribution is 7.11. The molecule has 0 spiro atoms. The first kappa shape index (κ1) is 18.4.